The van der Waals surface area contributed by atoms with E-state index in [1.165, 1.54) is 70.0 Å². The minimum Gasteiger partial charge on any atom is -0.481 e. The van der Waals surface area contributed by atoms with Gasteiger partial charge in [0.25, 0.3) is 11.8 Å². The predicted molar refractivity (Wildman–Crippen MR) is 246 cm³/mol. The van der Waals surface area contributed by atoms with Gasteiger partial charge in [-0.05, 0) is 148 Å². The molecule has 0 bridgehead atoms. The summed E-state index contributed by atoms with van der Waals surface area (Å²) in [6, 6.07) is 12.2. The van der Waals surface area contributed by atoms with E-state index >= 15 is 0 Å². The van der Waals surface area contributed by atoms with Crippen LogP contribution in [0.2, 0.25) is 0 Å². The molecule has 0 unspecified atom stereocenters. The second-order valence-electron chi connectivity index (χ2n) is 18.8. The van der Waals surface area contributed by atoms with Gasteiger partial charge < -0.3 is 33.5 Å². The number of fused-ring (bicyclic) bond motifs is 6. The molecule has 2 atom stereocenters. The smallest absolute Gasteiger partial charge is 0.303 e. The lowest BCUT2D eigenvalue weighted by Crippen LogP contribution is -2.36. The van der Waals surface area contributed by atoms with E-state index in [0.29, 0.717) is 49.8 Å². The number of hydrogen-bond donors (Lipinski definition) is 2. The number of rotatable bonds is 13. The van der Waals surface area contributed by atoms with Crippen LogP contribution in [-0.2, 0) is 58.8 Å². The Kier molecular flexibility index (Phi) is 15.3. The van der Waals surface area contributed by atoms with E-state index in [-0.39, 0.29) is 24.1 Å². The van der Waals surface area contributed by atoms with E-state index in [4.69, 9.17) is 14.6 Å². The molecule has 2 aromatic heterocycles. The lowest BCUT2D eigenvalue weighted by atomic mass is 9.75. The van der Waals surface area contributed by atoms with Crippen molar-refractivity contribution in [3.63, 3.8) is 0 Å². The largest absolute Gasteiger partial charge is 0.481 e. The Hall–Kier alpha value is -4.72. The fraction of sp³-hybridized carbons (Fsp3) is 0.600. The first-order valence-electron chi connectivity index (χ1n) is 23.4. The summed E-state index contributed by atoms with van der Waals surface area (Å²) < 4.78 is 15.8. The van der Waals surface area contributed by atoms with Gasteiger partial charge in [-0.3, -0.25) is 24.6 Å². The number of aryl methyl sites for hydroxylation is 2. The molecule has 13 heteroatoms. The molecular formula is C50H70N6O7. The third kappa shape index (κ3) is 10.8. The van der Waals surface area contributed by atoms with Crippen LogP contribution in [0, 0.1) is 23.7 Å². The van der Waals surface area contributed by atoms with Crippen molar-refractivity contribution in [2.75, 3.05) is 67.7 Å². The van der Waals surface area contributed by atoms with Crippen LogP contribution in [0.5, 0.6) is 0 Å². The molecule has 342 valence electrons. The van der Waals surface area contributed by atoms with Gasteiger partial charge in [0.2, 0.25) is 5.91 Å². The van der Waals surface area contributed by atoms with Crippen LogP contribution < -0.4 is 5.43 Å². The molecule has 0 saturated carbocycles. The molecular weight excluding hydrogens is 797 g/mol. The van der Waals surface area contributed by atoms with Gasteiger partial charge in [0.1, 0.15) is 0 Å². The van der Waals surface area contributed by atoms with Crippen molar-refractivity contribution >= 4 is 45.5 Å². The lowest BCUT2D eigenvalue weighted by molar-refractivity contribution is -0.137. The molecule has 4 aromatic rings. The second-order valence-corrected chi connectivity index (χ2v) is 18.8. The van der Waals surface area contributed by atoms with E-state index in [0.717, 1.165) is 82.4 Å². The number of nitrogens with zero attached hydrogens (tertiary/aromatic N) is 5. The van der Waals surface area contributed by atoms with E-state index in [2.05, 4.69) is 52.9 Å². The maximum Gasteiger partial charge on any atom is 0.303 e. The number of carboxylic acids is 1. The zero-order valence-electron chi connectivity index (χ0n) is 38.5. The Morgan fingerprint density at radius 1 is 0.635 bits per heavy atom. The van der Waals surface area contributed by atoms with E-state index in [9.17, 15) is 19.2 Å². The highest BCUT2D eigenvalue weighted by molar-refractivity contribution is 6.00. The van der Waals surface area contributed by atoms with Crippen LogP contribution in [0.3, 0.4) is 0 Å². The number of hydrazine groups is 1. The van der Waals surface area contributed by atoms with Crippen molar-refractivity contribution in [2.45, 2.75) is 89.9 Å². The normalized spacial score (nSPS) is 19.3. The number of carbonyl (C=O) groups excluding carboxylic acids is 3. The van der Waals surface area contributed by atoms with E-state index in [1.807, 2.05) is 19.2 Å². The number of benzene rings is 2. The third-order valence-corrected chi connectivity index (χ3v) is 14.5. The Bertz CT molecular complexity index is 2270. The first kappa shape index (κ1) is 46.3. The summed E-state index contributed by atoms with van der Waals surface area (Å²) in [5, 5.41) is 12.9. The predicted octanol–water partition coefficient (Wildman–Crippen LogP) is 6.80. The molecule has 4 heterocycles. The molecule has 4 aliphatic rings. The molecule has 2 aromatic carbocycles. The number of aliphatic carboxylic acids is 1. The molecule has 13 nitrogen and oxygen atoms in total. The summed E-state index contributed by atoms with van der Waals surface area (Å²) in [5.41, 5.74) is 12.2. The van der Waals surface area contributed by atoms with E-state index < -0.39 is 5.97 Å². The molecule has 2 aliphatic heterocycles. The highest BCUT2D eigenvalue weighted by Crippen LogP contribution is 2.41. The zero-order chi connectivity index (χ0) is 44.8. The SMILES string of the molecule is CN(C)NC(=O)CCCN(C)C(=O)c1ccc2c(c1)c1c(n2C)CC[C@@H](C2CCOCC2)C1.CN(CCCC(=O)O)C(=O)c1ccc2c(c1)c1c(n2C)CC[C@@H](C2CCOCC2)C1. The van der Waals surface area contributed by atoms with Crippen molar-refractivity contribution in [2.24, 2.45) is 37.8 Å². The number of amides is 3. The summed E-state index contributed by atoms with van der Waals surface area (Å²) >= 11 is 0. The number of nitrogens with one attached hydrogen (secondary N) is 1. The molecule has 63 heavy (non-hydrogen) atoms. The summed E-state index contributed by atoms with van der Waals surface area (Å²) in [5.74, 6) is 2.02. The van der Waals surface area contributed by atoms with Gasteiger partial charge >= 0.3 is 5.97 Å². The lowest BCUT2D eigenvalue weighted by Gasteiger charge is -2.33. The van der Waals surface area contributed by atoms with Gasteiger partial charge in [0, 0.05) is 139 Å². The van der Waals surface area contributed by atoms with Crippen molar-refractivity contribution in [1.82, 2.24) is 29.4 Å². The zero-order valence-corrected chi connectivity index (χ0v) is 38.5. The van der Waals surface area contributed by atoms with Crippen LogP contribution in [-0.4, -0.2) is 120 Å². The van der Waals surface area contributed by atoms with Gasteiger partial charge in [-0.1, -0.05) is 0 Å². The van der Waals surface area contributed by atoms with Crippen LogP contribution in [0.4, 0.5) is 0 Å². The monoisotopic (exact) mass is 867 g/mol. The molecule has 0 radical (unpaired) electrons. The summed E-state index contributed by atoms with van der Waals surface area (Å²) in [6.45, 7) is 4.56. The van der Waals surface area contributed by atoms with Gasteiger partial charge in [-0.15, -0.1) is 0 Å². The minimum absolute atomic E-state index is 0.0132. The van der Waals surface area contributed by atoms with Crippen LogP contribution in [0.15, 0.2) is 36.4 Å². The van der Waals surface area contributed by atoms with Crippen LogP contribution in [0.25, 0.3) is 21.8 Å². The summed E-state index contributed by atoms with van der Waals surface area (Å²) in [4.78, 5) is 52.0. The first-order chi connectivity index (χ1) is 30.3. The second kappa shape index (κ2) is 20.9. The molecule has 3 amide bonds. The summed E-state index contributed by atoms with van der Waals surface area (Å²) in [7, 11) is 11.4. The number of carboxylic acid groups (broad SMARTS) is 1. The Morgan fingerprint density at radius 3 is 1.48 bits per heavy atom. The fourth-order valence-electron chi connectivity index (χ4n) is 11.0. The Labute approximate surface area is 373 Å². The van der Waals surface area contributed by atoms with Gasteiger partial charge in [-0.2, -0.15) is 0 Å². The fourth-order valence-corrected chi connectivity index (χ4v) is 11.0. The van der Waals surface area contributed by atoms with E-state index in [1.54, 1.807) is 36.0 Å². The summed E-state index contributed by atoms with van der Waals surface area (Å²) in [6.07, 6.45) is 13.1. The van der Waals surface area contributed by atoms with Crippen LogP contribution >= 0.6 is 0 Å². The third-order valence-electron chi connectivity index (χ3n) is 14.5. The van der Waals surface area contributed by atoms with Gasteiger partial charge in [-0.25, -0.2) is 5.01 Å². The molecule has 2 N–H and O–H groups in total. The average Bonchev–Trinajstić information content (AvgIpc) is 3.73. The highest BCUT2D eigenvalue weighted by Gasteiger charge is 2.33. The number of aromatic nitrogens is 2. The van der Waals surface area contributed by atoms with Crippen molar-refractivity contribution in [3.05, 3.63) is 70.0 Å². The standard InChI is InChI=1S/C26H38N4O3.C24H32N2O4/c1-28(2)27-25(31)6-5-13-29(3)26(32)20-8-10-24-22(17-20)21-16-19(7-9-23(21)30(24)4)18-11-14-33-15-12-18;1-25(11-3-4-23(27)28)24(29)18-6-8-22-20(15-18)19-14-17(5-7-21(19)26(22)2)16-9-12-30-13-10-16/h8,10,17-19H,5-7,9,11-16H2,1-4H3,(H,27,31);6,8,15-17H,3-5,7,9-14H2,1-2H3,(H,27,28)/t19-;17-/m11/s1. The molecule has 0 spiro atoms. The molecule has 2 aliphatic carbocycles. The quantitative estimate of drug-likeness (QED) is 0.140. The maximum atomic E-state index is 13.1. The average molecular weight is 867 g/mol. The topological polar surface area (TPSA) is 139 Å². The van der Waals surface area contributed by atoms with Crippen molar-refractivity contribution in [1.29, 1.82) is 0 Å². The first-order valence-corrected chi connectivity index (χ1v) is 23.4. The van der Waals surface area contributed by atoms with Crippen molar-refractivity contribution in [3.8, 4) is 0 Å². The maximum absolute atomic E-state index is 13.1. The number of carbonyl (C=O) groups is 4. The Morgan fingerprint density at radius 2 is 1.06 bits per heavy atom. The number of ether oxygens (including phenoxy) is 2. The molecule has 8 rings (SSSR count). The number of hydrogen-bond acceptors (Lipinski definition) is 7. The molecule has 2 fully saturated rings. The molecule has 2 saturated heterocycles. The highest BCUT2D eigenvalue weighted by atomic mass is 16.5. The Balaban J connectivity index is 0.000000190. The van der Waals surface area contributed by atoms with Gasteiger partial charge in [0.15, 0.2) is 0 Å². The van der Waals surface area contributed by atoms with Crippen molar-refractivity contribution < 1.29 is 33.8 Å². The van der Waals surface area contributed by atoms with Gasteiger partial charge in [0.05, 0.1) is 0 Å². The minimum atomic E-state index is -0.827. The van der Waals surface area contributed by atoms with Crippen LogP contribution in [0.1, 0.15) is 107 Å².